The molecule has 126 valence electrons. The molecular weight excluding hydrogens is 314 g/mol. The molecule has 0 radical (unpaired) electrons. The smallest absolute Gasteiger partial charge is 0.0576 e. The van der Waals surface area contributed by atoms with Gasteiger partial charge in [0.05, 0.1) is 16.7 Å². The lowest BCUT2D eigenvalue weighted by molar-refractivity contribution is 1.14. The molecule has 0 amide bonds. The van der Waals surface area contributed by atoms with Gasteiger partial charge in [-0.1, -0.05) is 73.7 Å². The van der Waals surface area contributed by atoms with E-state index in [-0.39, 0.29) is 0 Å². The average Bonchev–Trinajstić information content (AvgIpc) is 3.01. The Labute approximate surface area is 153 Å². The molecule has 1 nitrogen and oxygen atoms in total. The first kappa shape index (κ1) is 15.2. The molecule has 0 atom stereocenters. The number of pyridine rings is 1. The molecule has 0 fully saturated rings. The topological polar surface area (TPSA) is 4.41 Å². The second-order valence-electron chi connectivity index (χ2n) is 6.99. The van der Waals surface area contributed by atoms with E-state index in [9.17, 15) is 0 Å². The van der Waals surface area contributed by atoms with Crippen LogP contribution in [0.4, 0.5) is 0 Å². The molecule has 1 heteroatoms. The largest absolute Gasteiger partial charge is 0.308 e. The Morgan fingerprint density at radius 2 is 1.46 bits per heavy atom. The molecule has 0 saturated carbocycles. The third-order valence-electron chi connectivity index (χ3n) is 5.53. The van der Waals surface area contributed by atoms with Crippen LogP contribution in [0.15, 0.2) is 78.9 Å². The summed E-state index contributed by atoms with van der Waals surface area (Å²) < 4.78 is 2.44. The van der Waals surface area contributed by atoms with E-state index in [1.54, 1.807) is 0 Å². The number of aryl methyl sites for hydroxylation is 2. The van der Waals surface area contributed by atoms with E-state index in [0.29, 0.717) is 0 Å². The zero-order chi connectivity index (χ0) is 17.7. The minimum absolute atomic E-state index is 1.07. The molecule has 5 aromatic rings. The van der Waals surface area contributed by atoms with Crippen molar-refractivity contribution in [3.8, 4) is 11.3 Å². The summed E-state index contributed by atoms with van der Waals surface area (Å²) in [6.07, 6.45) is 1.07. The van der Waals surface area contributed by atoms with Crippen molar-refractivity contribution in [3.05, 3.63) is 90.0 Å². The van der Waals surface area contributed by atoms with E-state index in [1.807, 2.05) is 0 Å². The van der Waals surface area contributed by atoms with Crippen LogP contribution in [-0.4, -0.2) is 4.40 Å². The Bertz CT molecular complexity index is 1260. The van der Waals surface area contributed by atoms with Crippen molar-refractivity contribution >= 4 is 27.2 Å². The van der Waals surface area contributed by atoms with Gasteiger partial charge >= 0.3 is 0 Å². The lowest BCUT2D eigenvalue weighted by atomic mass is 10.0. The number of rotatable bonds is 2. The molecule has 26 heavy (non-hydrogen) atoms. The van der Waals surface area contributed by atoms with Crippen LogP contribution < -0.4 is 0 Å². The van der Waals surface area contributed by atoms with Crippen molar-refractivity contribution < 1.29 is 0 Å². The Hall–Kier alpha value is -3.06. The molecule has 0 aliphatic carbocycles. The highest BCUT2D eigenvalue weighted by Gasteiger charge is 2.15. The molecule has 0 aliphatic rings. The van der Waals surface area contributed by atoms with Crippen molar-refractivity contribution in [1.29, 1.82) is 0 Å². The fourth-order valence-electron chi connectivity index (χ4n) is 4.15. The molecule has 2 heterocycles. The molecule has 0 aliphatic heterocycles. The Kier molecular flexibility index (Phi) is 3.36. The van der Waals surface area contributed by atoms with Gasteiger partial charge in [0.2, 0.25) is 0 Å². The van der Waals surface area contributed by atoms with E-state index >= 15 is 0 Å². The highest BCUT2D eigenvalue weighted by molar-refractivity contribution is 6.07. The zero-order valence-corrected chi connectivity index (χ0v) is 15.2. The average molecular weight is 335 g/mol. The molecule has 0 spiro atoms. The van der Waals surface area contributed by atoms with Gasteiger partial charge in [-0.25, -0.2) is 0 Å². The number of nitrogens with zero attached hydrogens (tertiary/aromatic N) is 1. The van der Waals surface area contributed by atoms with Crippen LogP contribution in [0.2, 0.25) is 0 Å². The maximum Gasteiger partial charge on any atom is 0.0576 e. The van der Waals surface area contributed by atoms with Gasteiger partial charge in [0.15, 0.2) is 0 Å². The monoisotopic (exact) mass is 335 g/mol. The highest BCUT2D eigenvalue weighted by Crippen LogP contribution is 2.36. The highest BCUT2D eigenvalue weighted by atomic mass is 14.9. The molecule has 0 unspecified atom stereocenters. The maximum atomic E-state index is 2.44. The summed E-state index contributed by atoms with van der Waals surface area (Å²) in [5, 5.41) is 3.94. The van der Waals surface area contributed by atoms with Crippen LogP contribution in [0.5, 0.6) is 0 Å². The zero-order valence-electron chi connectivity index (χ0n) is 15.2. The maximum absolute atomic E-state index is 2.44. The standard InChI is InChI=1S/C25H21N/c1-3-18-12-14-19(15-13-18)24-16-20-8-4-5-10-22(20)25-17(2)21-9-6-7-11-23(21)26(24)25/h4-16H,3H2,1-2H3. The fraction of sp³-hybridized carbons (Fsp3) is 0.120. The molecule has 2 aromatic heterocycles. The number of aromatic nitrogens is 1. The van der Waals surface area contributed by atoms with Crippen LogP contribution in [0.1, 0.15) is 18.1 Å². The Morgan fingerprint density at radius 3 is 2.23 bits per heavy atom. The summed E-state index contributed by atoms with van der Waals surface area (Å²) in [6.45, 7) is 4.44. The van der Waals surface area contributed by atoms with Gasteiger partial charge in [0.1, 0.15) is 0 Å². The van der Waals surface area contributed by atoms with Gasteiger partial charge in [0.25, 0.3) is 0 Å². The first-order chi connectivity index (χ1) is 12.8. The molecule has 0 bridgehead atoms. The van der Waals surface area contributed by atoms with Crippen LogP contribution in [0, 0.1) is 6.92 Å². The summed E-state index contributed by atoms with van der Waals surface area (Å²) in [7, 11) is 0. The SMILES string of the molecule is CCc1ccc(-c2cc3ccccc3c3c(C)c4ccccc4n23)cc1. The third-order valence-corrected chi connectivity index (χ3v) is 5.53. The van der Waals surface area contributed by atoms with Gasteiger partial charge in [0, 0.05) is 10.8 Å². The Morgan fingerprint density at radius 1 is 0.769 bits per heavy atom. The van der Waals surface area contributed by atoms with Crippen LogP contribution in [0.3, 0.4) is 0 Å². The first-order valence-corrected chi connectivity index (χ1v) is 9.28. The summed E-state index contributed by atoms with van der Waals surface area (Å²) in [6, 6.07) is 28.8. The third kappa shape index (κ3) is 2.10. The second kappa shape index (κ2) is 5.74. The van der Waals surface area contributed by atoms with Gasteiger partial charge in [-0.2, -0.15) is 0 Å². The van der Waals surface area contributed by atoms with Crippen molar-refractivity contribution in [1.82, 2.24) is 4.40 Å². The molecule has 0 N–H and O–H groups in total. The predicted molar refractivity (Wildman–Crippen MR) is 112 cm³/mol. The second-order valence-corrected chi connectivity index (χ2v) is 6.99. The van der Waals surface area contributed by atoms with Gasteiger partial charge in [-0.15, -0.1) is 0 Å². The number of fused-ring (bicyclic) bond motifs is 5. The van der Waals surface area contributed by atoms with E-state index in [4.69, 9.17) is 0 Å². The van der Waals surface area contributed by atoms with Crippen LogP contribution in [-0.2, 0) is 6.42 Å². The minimum Gasteiger partial charge on any atom is -0.308 e. The van der Waals surface area contributed by atoms with Crippen molar-refractivity contribution in [3.63, 3.8) is 0 Å². The van der Waals surface area contributed by atoms with Crippen molar-refractivity contribution in [2.24, 2.45) is 0 Å². The number of hydrogen-bond acceptors (Lipinski definition) is 0. The fourth-order valence-corrected chi connectivity index (χ4v) is 4.15. The summed E-state index contributed by atoms with van der Waals surface area (Å²) in [4.78, 5) is 0. The Balaban J connectivity index is 1.99. The van der Waals surface area contributed by atoms with E-state index in [2.05, 4.69) is 97.1 Å². The van der Waals surface area contributed by atoms with E-state index in [0.717, 1.165) is 6.42 Å². The summed E-state index contributed by atoms with van der Waals surface area (Å²) in [5.74, 6) is 0. The predicted octanol–water partition coefficient (Wildman–Crippen LogP) is 6.78. The van der Waals surface area contributed by atoms with Crippen molar-refractivity contribution in [2.45, 2.75) is 20.3 Å². The molecule has 5 rings (SSSR count). The van der Waals surface area contributed by atoms with Gasteiger partial charge in [-0.3, -0.25) is 0 Å². The van der Waals surface area contributed by atoms with Crippen molar-refractivity contribution in [2.75, 3.05) is 0 Å². The minimum atomic E-state index is 1.07. The number of hydrogen-bond donors (Lipinski definition) is 0. The van der Waals surface area contributed by atoms with E-state index < -0.39 is 0 Å². The normalized spacial score (nSPS) is 11.6. The van der Waals surface area contributed by atoms with Gasteiger partial charge in [-0.05, 0) is 47.6 Å². The number of benzene rings is 3. The van der Waals surface area contributed by atoms with Crippen LogP contribution >= 0.6 is 0 Å². The molecular formula is C25H21N. The lowest BCUT2D eigenvalue weighted by Gasteiger charge is -2.12. The quantitative estimate of drug-likeness (QED) is 0.335. The van der Waals surface area contributed by atoms with E-state index in [1.165, 1.54) is 49.6 Å². The first-order valence-electron chi connectivity index (χ1n) is 9.28. The van der Waals surface area contributed by atoms with Crippen LogP contribution in [0.25, 0.3) is 38.4 Å². The summed E-state index contributed by atoms with van der Waals surface area (Å²) in [5.41, 5.74) is 7.84. The summed E-state index contributed by atoms with van der Waals surface area (Å²) >= 11 is 0. The van der Waals surface area contributed by atoms with Gasteiger partial charge < -0.3 is 4.40 Å². The molecule has 3 aromatic carbocycles. The number of para-hydroxylation sites is 1. The lowest BCUT2D eigenvalue weighted by Crippen LogP contribution is -1.94. The molecule has 0 saturated heterocycles.